The number of quaternary nitrogens is 1. The van der Waals surface area contributed by atoms with Gasteiger partial charge in [0.1, 0.15) is 0 Å². The van der Waals surface area contributed by atoms with Crippen LogP contribution in [-0.2, 0) is 11.0 Å². The topological polar surface area (TPSA) is 88.1 Å². The number of nitrogens with one attached hydrogen (secondary N) is 1. The molecule has 0 saturated carbocycles. The van der Waals surface area contributed by atoms with E-state index >= 15 is 0 Å². The monoisotopic (exact) mass is 560 g/mol. The molecule has 38 heavy (non-hydrogen) atoms. The molecule has 2 aromatic heterocycles. The first-order valence-electron chi connectivity index (χ1n) is 13.6. The number of aromatic nitrogens is 1. The van der Waals surface area contributed by atoms with Crippen LogP contribution >= 0.6 is 11.3 Å². The summed E-state index contributed by atoms with van der Waals surface area (Å²) >= 11 is 1.48. The summed E-state index contributed by atoms with van der Waals surface area (Å²) in [6.45, 7) is 11.2. The predicted octanol–water partition coefficient (Wildman–Crippen LogP) is 5.96. The number of alkyl halides is 3. The normalized spacial score (nSPS) is 14.1. The summed E-state index contributed by atoms with van der Waals surface area (Å²) in [6.07, 6.45) is 5.21. The first-order chi connectivity index (χ1) is 18.2. The highest BCUT2D eigenvalue weighted by molar-refractivity contribution is 7.10. The zero-order chi connectivity index (χ0) is 28.2. The van der Waals surface area contributed by atoms with Crippen molar-refractivity contribution in [2.24, 2.45) is 5.92 Å². The Balaban J connectivity index is 0.000000365. The van der Waals surface area contributed by atoms with Crippen LogP contribution < -0.4 is 15.4 Å². The maximum atomic E-state index is 12.4. The first kappa shape index (κ1) is 33.9. The summed E-state index contributed by atoms with van der Waals surface area (Å²) in [7, 11) is 0. The van der Waals surface area contributed by atoms with Gasteiger partial charge in [-0.25, -0.2) is 4.98 Å². The van der Waals surface area contributed by atoms with Gasteiger partial charge in [-0.05, 0) is 62.7 Å². The Labute approximate surface area is 229 Å². The fraction of sp³-hybridized carbons (Fsp3) is 0.643. The number of carboxylic acid groups (broad SMARTS) is 1. The van der Waals surface area contributed by atoms with E-state index in [9.17, 15) is 18.0 Å². The van der Waals surface area contributed by atoms with Gasteiger partial charge in [-0.1, -0.05) is 39.2 Å². The number of pyridine rings is 1. The number of carboxylic acids is 1. The van der Waals surface area contributed by atoms with E-state index in [-0.39, 0.29) is 11.8 Å². The Morgan fingerprint density at radius 1 is 1.16 bits per heavy atom. The van der Waals surface area contributed by atoms with Gasteiger partial charge in [0.15, 0.2) is 0 Å². The van der Waals surface area contributed by atoms with Crippen molar-refractivity contribution in [3.05, 3.63) is 46.3 Å². The van der Waals surface area contributed by atoms with Crippen molar-refractivity contribution >= 4 is 17.3 Å². The molecule has 6 nitrogen and oxygen atoms in total. The van der Waals surface area contributed by atoms with Crippen molar-refractivity contribution in [1.29, 1.82) is 0 Å². The highest BCUT2D eigenvalue weighted by Crippen LogP contribution is 2.29. The van der Waals surface area contributed by atoms with Gasteiger partial charge in [0.2, 0.25) is 5.88 Å². The van der Waals surface area contributed by atoms with Gasteiger partial charge in [0.05, 0.1) is 31.2 Å². The molecule has 1 aliphatic heterocycles. The van der Waals surface area contributed by atoms with E-state index in [0.717, 1.165) is 42.6 Å². The second-order valence-corrected chi connectivity index (χ2v) is 10.3. The van der Waals surface area contributed by atoms with Crippen LogP contribution in [0.25, 0.3) is 0 Å². The van der Waals surface area contributed by atoms with Crippen molar-refractivity contribution < 1.29 is 33.1 Å². The minimum absolute atomic E-state index is 0.241. The number of aliphatic carboxylic acids is 1. The zero-order valence-corrected chi connectivity index (χ0v) is 23.8. The third-order valence-corrected chi connectivity index (χ3v) is 7.40. The van der Waals surface area contributed by atoms with E-state index in [1.165, 1.54) is 69.0 Å². The Kier molecular flexibility index (Phi) is 17.7. The van der Waals surface area contributed by atoms with E-state index in [1.807, 2.05) is 17.5 Å². The fourth-order valence-electron chi connectivity index (χ4n) is 3.69. The van der Waals surface area contributed by atoms with Gasteiger partial charge >= 0.3 is 12.1 Å². The lowest BCUT2D eigenvalue weighted by molar-refractivity contribution is -0.656. The molecule has 1 fully saturated rings. The molecule has 1 aliphatic rings. The number of rotatable bonds is 12. The molecule has 2 aromatic rings. The van der Waals surface area contributed by atoms with Crippen LogP contribution in [-0.4, -0.2) is 48.8 Å². The summed E-state index contributed by atoms with van der Waals surface area (Å²) in [5.74, 6) is -0.0728. The molecule has 1 atom stereocenters. The van der Waals surface area contributed by atoms with Crippen molar-refractivity contribution in [2.75, 3.05) is 32.8 Å². The average molecular weight is 561 g/mol. The number of carbonyl (C=O) groups is 1. The molecule has 0 aliphatic carbocycles. The molecule has 216 valence electrons. The Morgan fingerprint density at radius 3 is 2.32 bits per heavy atom. The van der Waals surface area contributed by atoms with Gasteiger partial charge < -0.3 is 20.5 Å². The summed E-state index contributed by atoms with van der Waals surface area (Å²) in [5, 5.41) is 16.0. The summed E-state index contributed by atoms with van der Waals surface area (Å²) in [4.78, 5) is 15.0. The van der Waals surface area contributed by atoms with Crippen molar-refractivity contribution in [3.63, 3.8) is 0 Å². The van der Waals surface area contributed by atoms with Gasteiger partial charge in [-0.2, -0.15) is 13.2 Å². The minimum atomic E-state index is -4.35. The van der Waals surface area contributed by atoms with Crippen LogP contribution in [0.2, 0.25) is 0 Å². The van der Waals surface area contributed by atoms with E-state index < -0.39 is 17.7 Å². The Bertz CT molecular complexity index is 830. The minimum Gasteiger partial charge on any atom is -0.481 e. The highest BCUT2D eigenvalue weighted by atomic mass is 32.1. The lowest BCUT2D eigenvalue weighted by atomic mass is 10.00. The van der Waals surface area contributed by atoms with Crippen LogP contribution in [0.4, 0.5) is 13.2 Å². The SMILES string of the molecule is C1CCNCC1.CC(C(=O)O)c1cccs1.CCC(CC)CC[NH2+]CCCOc1ccc(C(F)(F)F)cn1. The molecular formula is C28H45F3N3O3S+. The second kappa shape index (κ2) is 19.8. The highest BCUT2D eigenvalue weighted by Gasteiger charge is 2.30. The van der Waals surface area contributed by atoms with Crippen molar-refractivity contribution in [1.82, 2.24) is 10.3 Å². The summed E-state index contributed by atoms with van der Waals surface area (Å²) in [6, 6.07) is 5.95. The van der Waals surface area contributed by atoms with Gasteiger partial charge in [-0.3, -0.25) is 4.79 Å². The summed E-state index contributed by atoms with van der Waals surface area (Å²) < 4.78 is 42.4. The third-order valence-electron chi connectivity index (χ3n) is 6.35. The zero-order valence-electron chi connectivity index (χ0n) is 22.9. The lowest BCUT2D eigenvalue weighted by Gasteiger charge is -2.11. The standard InChI is InChI=1S/C16H25F3N2O.C7H8O2S.C5H11N/c1-3-13(4-2)8-10-20-9-5-11-22-15-7-6-14(12-21-15)16(17,18)19;1-5(7(8)9)6-3-2-4-10-6;1-2-4-6-5-3-1/h6-7,12-13,20H,3-5,8-11H2,1-2H3;2-5H,1H3,(H,8,9);6H,1-5H2/p+1. The quantitative estimate of drug-likeness (QED) is 0.279. The van der Waals surface area contributed by atoms with Gasteiger partial charge in [0, 0.05) is 23.6 Å². The molecule has 1 unspecified atom stereocenters. The van der Waals surface area contributed by atoms with Crippen molar-refractivity contribution in [2.45, 2.75) is 77.8 Å². The van der Waals surface area contributed by atoms with E-state index in [0.29, 0.717) is 6.61 Å². The van der Waals surface area contributed by atoms with Crippen LogP contribution in [0, 0.1) is 5.92 Å². The number of thiophene rings is 1. The maximum absolute atomic E-state index is 12.4. The first-order valence-corrected chi connectivity index (χ1v) is 14.5. The molecule has 1 saturated heterocycles. The molecule has 10 heteroatoms. The molecular weight excluding hydrogens is 515 g/mol. The number of nitrogens with zero attached hydrogens (tertiary/aromatic N) is 1. The molecule has 0 bridgehead atoms. The van der Waals surface area contributed by atoms with E-state index in [4.69, 9.17) is 9.84 Å². The molecule has 0 spiro atoms. The predicted molar refractivity (Wildman–Crippen MR) is 147 cm³/mol. The number of nitrogens with two attached hydrogens (primary N) is 1. The van der Waals surface area contributed by atoms with Crippen LogP contribution in [0.15, 0.2) is 35.8 Å². The maximum Gasteiger partial charge on any atom is 0.417 e. The van der Waals surface area contributed by atoms with Crippen molar-refractivity contribution in [3.8, 4) is 5.88 Å². The number of ether oxygens (including phenoxy) is 1. The molecule has 3 rings (SSSR count). The van der Waals surface area contributed by atoms with Crippen LogP contribution in [0.1, 0.15) is 82.1 Å². The average Bonchev–Trinajstić information content (AvgIpc) is 3.46. The van der Waals surface area contributed by atoms with Gasteiger partial charge in [-0.15, -0.1) is 11.3 Å². The van der Waals surface area contributed by atoms with Crippen LogP contribution in [0.3, 0.4) is 0 Å². The fourth-order valence-corrected chi connectivity index (χ4v) is 4.47. The van der Waals surface area contributed by atoms with Gasteiger partial charge in [0.25, 0.3) is 0 Å². The smallest absolute Gasteiger partial charge is 0.417 e. The van der Waals surface area contributed by atoms with E-state index in [2.05, 4.69) is 29.5 Å². The Hall–Kier alpha value is -2.17. The summed E-state index contributed by atoms with van der Waals surface area (Å²) in [5.41, 5.74) is -0.755. The molecule has 0 radical (unpaired) electrons. The third kappa shape index (κ3) is 15.3. The van der Waals surface area contributed by atoms with Crippen LogP contribution in [0.5, 0.6) is 5.88 Å². The van der Waals surface area contributed by atoms with E-state index in [1.54, 1.807) is 6.92 Å². The number of piperidine rings is 1. The molecule has 4 N–H and O–H groups in total. The number of halogens is 3. The molecule has 3 heterocycles. The Morgan fingerprint density at radius 2 is 1.87 bits per heavy atom. The number of hydrogen-bond donors (Lipinski definition) is 3. The lowest BCUT2D eigenvalue weighted by Crippen LogP contribution is -2.84. The molecule has 0 amide bonds. The largest absolute Gasteiger partial charge is 0.481 e. The second-order valence-electron chi connectivity index (χ2n) is 9.31. The molecule has 0 aromatic carbocycles. The number of hydrogen-bond acceptors (Lipinski definition) is 5.